The van der Waals surface area contributed by atoms with Gasteiger partial charge in [-0.05, 0) is 6.92 Å². The molecule has 1 rings (SSSR count). The van der Waals surface area contributed by atoms with E-state index in [1.807, 2.05) is 0 Å². The lowest BCUT2D eigenvalue weighted by Gasteiger charge is -2.35. The molecule has 1 atom stereocenters. The molecule has 1 saturated heterocycles. The van der Waals surface area contributed by atoms with Crippen LogP contribution in [0.15, 0.2) is 0 Å². The quantitative estimate of drug-likeness (QED) is 0.279. The average molecular weight is 460 g/mol. The molecule has 4 N–H and O–H groups in total. The summed E-state index contributed by atoms with van der Waals surface area (Å²) in [5, 5.41) is 37.2. The fourth-order valence-electron chi connectivity index (χ4n) is 3.56. The van der Waals surface area contributed by atoms with Crippen molar-refractivity contribution in [2.45, 2.75) is 19.4 Å². The summed E-state index contributed by atoms with van der Waals surface area (Å²) in [6, 6.07) is -1.11. The zero-order valence-corrected chi connectivity index (χ0v) is 18.2. The number of carboxylic acid groups (broad SMARTS) is 4. The van der Waals surface area contributed by atoms with E-state index in [2.05, 4.69) is 0 Å². The van der Waals surface area contributed by atoms with Crippen LogP contribution in [0.2, 0.25) is 0 Å². The molecule has 0 spiro atoms. The Hall–Kier alpha value is -2.61. The van der Waals surface area contributed by atoms with Crippen molar-refractivity contribution in [3.8, 4) is 0 Å². The predicted molar refractivity (Wildman–Crippen MR) is 111 cm³/mol. The monoisotopic (exact) mass is 460 g/mol. The smallest absolute Gasteiger partial charge is 0.321 e. The van der Waals surface area contributed by atoms with Gasteiger partial charge in [0.2, 0.25) is 0 Å². The molecule has 182 valence electrons. The molecule has 0 aromatic heterocycles. The van der Waals surface area contributed by atoms with Crippen molar-refractivity contribution in [2.24, 2.45) is 0 Å². The second kappa shape index (κ2) is 13.7. The second-order valence-corrected chi connectivity index (χ2v) is 7.81. The Balaban J connectivity index is 3.11. The van der Waals surface area contributed by atoms with Gasteiger partial charge in [0.15, 0.2) is 0 Å². The molecule has 0 aromatic rings. The molecular formula is C19H32N4O9. The van der Waals surface area contributed by atoms with Crippen molar-refractivity contribution in [3.05, 3.63) is 0 Å². The van der Waals surface area contributed by atoms with Gasteiger partial charge in [-0.25, -0.2) is 0 Å². The molecule has 1 aliphatic rings. The summed E-state index contributed by atoms with van der Waals surface area (Å²) in [5.74, 6) is -4.68. The summed E-state index contributed by atoms with van der Waals surface area (Å²) in [6.45, 7) is 2.05. The fourth-order valence-corrected chi connectivity index (χ4v) is 3.56. The molecule has 0 aromatic carbocycles. The molecule has 1 aliphatic heterocycles. The topological polar surface area (TPSA) is 179 Å². The number of ketones is 1. The number of carbonyl (C=O) groups excluding carboxylic acids is 1. The Morgan fingerprint density at radius 1 is 0.625 bits per heavy atom. The lowest BCUT2D eigenvalue weighted by atomic mass is 10.1. The summed E-state index contributed by atoms with van der Waals surface area (Å²) in [7, 11) is 0. The standard InChI is InChI=1S/C19H32N4O9/c1-14(24)10-15(19(31)32)23-8-6-21(12-17(27)28)4-2-20(11-16(25)26)3-5-22(7-9-23)13-18(29)30/h15H,2-13H2,1H3,(H,25,26)(H,27,28)(H,29,30)(H,31,32). The number of nitrogens with zero attached hydrogens (tertiary/aromatic N) is 4. The van der Waals surface area contributed by atoms with Gasteiger partial charge in [0, 0.05) is 58.8 Å². The Morgan fingerprint density at radius 3 is 1.19 bits per heavy atom. The van der Waals surface area contributed by atoms with Crippen molar-refractivity contribution in [1.82, 2.24) is 19.6 Å². The van der Waals surface area contributed by atoms with Crippen LogP contribution in [0.3, 0.4) is 0 Å². The van der Waals surface area contributed by atoms with Gasteiger partial charge >= 0.3 is 23.9 Å². The van der Waals surface area contributed by atoms with E-state index in [4.69, 9.17) is 5.11 Å². The number of rotatable bonds is 10. The third kappa shape index (κ3) is 11.1. The van der Waals surface area contributed by atoms with Gasteiger partial charge in [-0.1, -0.05) is 0 Å². The molecule has 0 bridgehead atoms. The van der Waals surface area contributed by atoms with Crippen molar-refractivity contribution >= 4 is 29.7 Å². The lowest BCUT2D eigenvalue weighted by molar-refractivity contribution is -0.146. The van der Waals surface area contributed by atoms with E-state index in [9.17, 15) is 39.3 Å². The molecule has 1 heterocycles. The summed E-state index contributed by atoms with van der Waals surface area (Å²) in [4.78, 5) is 63.4. The number of aliphatic carboxylic acids is 4. The number of hydrogen-bond donors (Lipinski definition) is 4. The third-order valence-electron chi connectivity index (χ3n) is 5.16. The molecule has 0 amide bonds. The van der Waals surface area contributed by atoms with Crippen LogP contribution in [0.1, 0.15) is 13.3 Å². The van der Waals surface area contributed by atoms with Crippen LogP contribution in [0.5, 0.6) is 0 Å². The summed E-state index contributed by atoms with van der Waals surface area (Å²) in [6.07, 6.45) is -0.223. The van der Waals surface area contributed by atoms with Crippen molar-refractivity contribution < 1.29 is 44.4 Å². The van der Waals surface area contributed by atoms with Gasteiger partial charge < -0.3 is 20.4 Å². The number of Topliss-reactive ketones (excluding diaryl/α,β-unsaturated/α-hetero) is 1. The van der Waals surface area contributed by atoms with Gasteiger partial charge in [0.25, 0.3) is 0 Å². The van der Waals surface area contributed by atoms with Gasteiger partial charge in [0.1, 0.15) is 11.8 Å². The molecule has 0 aliphatic carbocycles. The highest BCUT2D eigenvalue weighted by Gasteiger charge is 2.29. The fraction of sp³-hybridized carbons (Fsp3) is 0.737. The Kier molecular flexibility index (Phi) is 11.8. The minimum Gasteiger partial charge on any atom is -0.480 e. The van der Waals surface area contributed by atoms with Crippen molar-refractivity contribution in [3.63, 3.8) is 0 Å². The summed E-state index contributed by atoms with van der Waals surface area (Å²) >= 11 is 0. The number of carbonyl (C=O) groups is 5. The van der Waals surface area contributed by atoms with Crippen LogP contribution < -0.4 is 0 Å². The van der Waals surface area contributed by atoms with E-state index in [1.54, 1.807) is 19.6 Å². The lowest BCUT2D eigenvalue weighted by Crippen LogP contribution is -2.52. The molecule has 13 heteroatoms. The maximum Gasteiger partial charge on any atom is 0.321 e. The SMILES string of the molecule is CC(=O)CC(C(=O)O)N1CCN(CC(=O)O)CCN(CC(=O)O)CCN(CC(=O)O)CC1. The van der Waals surface area contributed by atoms with Crippen LogP contribution in [-0.2, 0) is 24.0 Å². The minimum atomic E-state index is -1.19. The minimum absolute atomic E-state index is 0.150. The maximum absolute atomic E-state index is 11.8. The van der Waals surface area contributed by atoms with Crippen LogP contribution in [0, 0.1) is 0 Å². The average Bonchev–Trinajstić information content (AvgIpc) is 2.65. The Morgan fingerprint density at radius 2 is 0.938 bits per heavy atom. The van der Waals surface area contributed by atoms with E-state index >= 15 is 0 Å². The first kappa shape index (κ1) is 27.4. The number of carboxylic acids is 4. The summed E-state index contributed by atoms with van der Waals surface area (Å²) < 4.78 is 0. The van der Waals surface area contributed by atoms with Gasteiger partial charge in [0.05, 0.1) is 19.6 Å². The van der Waals surface area contributed by atoms with Crippen LogP contribution >= 0.6 is 0 Å². The largest absolute Gasteiger partial charge is 0.480 e. The first-order chi connectivity index (χ1) is 15.0. The predicted octanol–water partition coefficient (Wildman–Crippen LogP) is -2.11. The summed E-state index contributed by atoms with van der Waals surface area (Å²) in [5.41, 5.74) is 0. The molecular weight excluding hydrogens is 428 g/mol. The van der Waals surface area contributed by atoms with Crippen molar-refractivity contribution in [2.75, 3.05) is 72.0 Å². The highest BCUT2D eigenvalue weighted by molar-refractivity contribution is 5.84. The first-order valence-electron chi connectivity index (χ1n) is 10.3. The Bertz CT molecular complexity index is 656. The van der Waals surface area contributed by atoms with Crippen LogP contribution in [0.4, 0.5) is 0 Å². The second-order valence-electron chi connectivity index (χ2n) is 7.81. The van der Waals surface area contributed by atoms with E-state index in [0.717, 1.165) is 0 Å². The normalized spacial score (nSPS) is 19.4. The molecule has 0 saturated carbocycles. The molecule has 1 fully saturated rings. The van der Waals surface area contributed by atoms with Crippen LogP contribution in [0.25, 0.3) is 0 Å². The third-order valence-corrected chi connectivity index (χ3v) is 5.16. The molecule has 1 unspecified atom stereocenters. The zero-order chi connectivity index (χ0) is 24.3. The molecule has 0 radical (unpaired) electrons. The highest BCUT2D eigenvalue weighted by Crippen LogP contribution is 2.09. The van der Waals surface area contributed by atoms with Gasteiger partial charge in [-0.15, -0.1) is 0 Å². The van der Waals surface area contributed by atoms with E-state index in [-0.39, 0.29) is 84.2 Å². The van der Waals surface area contributed by atoms with Gasteiger partial charge in [-0.2, -0.15) is 0 Å². The van der Waals surface area contributed by atoms with E-state index in [0.29, 0.717) is 0 Å². The maximum atomic E-state index is 11.8. The first-order valence-corrected chi connectivity index (χ1v) is 10.3. The van der Waals surface area contributed by atoms with E-state index in [1.165, 1.54) is 6.92 Å². The zero-order valence-electron chi connectivity index (χ0n) is 18.2. The highest BCUT2D eigenvalue weighted by atomic mass is 16.4. The van der Waals surface area contributed by atoms with Crippen LogP contribution in [-0.4, -0.2) is 148 Å². The van der Waals surface area contributed by atoms with E-state index < -0.39 is 29.9 Å². The Labute approximate surface area is 185 Å². The van der Waals surface area contributed by atoms with Crippen molar-refractivity contribution in [1.29, 1.82) is 0 Å². The molecule has 13 nitrogen and oxygen atoms in total. The number of hydrogen-bond acceptors (Lipinski definition) is 9. The molecule has 32 heavy (non-hydrogen) atoms. The van der Waals surface area contributed by atoms with Gasteiger partial charge in [-0.3, -0.25) is 43.6 Å².